The summed E-state index contributed by atoms with van der Waals surface area (Å²) in [5, 5.41) is 13.3. The molecule has 4 aromatic rings. The predicted octanol–water partition coefficient (Wildman–Crippen LogP) is 6.78. The summed E-state index contributed by atoms with van der Waals surface area (Å²) in [6.45, 7) is 3.90. The number of thioether (sulfide) groups is 1. The third-order valence-corrected chi connectivity index (χ3v) is 7.35. The smallest absolute Gasteiger partial charge is 0.253 e. The number of amides is 1. The van der Waals surface area contributed by atoms with Gasteiger partial charge < -0.3 is 10.1 Å². The number of aromatic nitrogens is 3. The number of aryl methyl sites for hydroxylation is 1. The maximum absolute atomic E-state index is 13.0. The second kappa shape index (κ2) is 11.3. The number of ether oxygens (including phenoxy) is 1. The molecule has 0 bridgehead atoms. The van der Waals surface area contributed by atoms with Crippen LogP contribution in [0.2, 0.25) is 5.02 Å². The summed E-state index contributed by atoms with van der Waals surface area (Å²) < 4.78 is 8.04. The van der Waals surface area contributed by atoms with Crippen molar-refractivity contribution in [2.24, 2.45) is 0 Å². The Hall–Kier alpha value is -2.81. The van der Waals surface area contributed by atoms with Crippen LogP contribution in [0.1, 0.15) is 40.3 Å². The van der Waals surface area contributed by atoms with Crippen molar-refractivity contribution in [1.82, 2.24) is 20.1 Å². The highest BCUT2D eigenvalue weighted by Gasteiger charge is 2.23. The van der Waals surface area contributed by atoms with Crippen molar-refractivity contribution in [3.63, 3.8) is 0 Å². The average molecular weight is 572 g/mol. The Morgan fingerprint density at radius 3 is 2.71 bits per heavy atom. The van der Waals surface area contributed by atoms with Crippen LogP contribution in [0.15, 0.2) is 76.4 Å². The molecule has 4 rings (SSSR count). The molecule has 1 amide bonds. The minimum atomic E-state index is -0.411. The number of hydrogen-bond acceptors (Lipinski definition) is 5. The van der Waals surface area contributed by atoms with Gasteiger partial charge >= 0.3 is 0 Å². The molecule has 0 radical (unpaired) electrons. The molecule has 1 N–H and O–H groups in total. The van der Waals surface area contributed by atoms with Crippen LogP contribution in [-0.4, -0.2) is 27.8 Å². The van der Waals surface area contributed by atoms with E-state index in [1.165, 1.54) is 0 Å². The Bertz CT molecular complexity index is 1360. The molecule has 0 aliphatic rings. The summed E-state index contributed by atoms with van der Waals surface area (Å²) in [6.07, 6.45) is 0. The minimum absolute atomic E-state index is 0.201. The van der Waals surface area contributed by atoms with Crippen LogP contribution in [0, 0.1) is 6.92 Å². The van der Waals surface area contributed by atoms with Crippen molar-refractivity contribution in [2.75, 3.05) is 7.11 Å². The van der Waals surface area contributed by atoms with E-state index in [0.717, 1.165) is 27.0 Å². The van der Waals surface area contributed by atoms with Crippen LogP contribution in [0.3, 0.4) is 0 Å². The molecule has 0 saturated heterocycles. The second-order valence-corrected chi connectivity index (χ2v) is 10.2. The molecule has 1 heterocycles. The van der Waals surface area contributed by atoms with Gasteiger partial charge in [0.05, 0.1) is 24.4 Å². The zero-order valence-corrected chi connectivity index (χ0v) is 22.6. The van der Waals surface area contributed by atoms with E-state index < -0.39 is 6.04 Å². The highest BCUT2D eigenvalue weighted by atomic mass is 79.9. The number of carbonyl (C=O) groups excluding carboxylic acids is 1. The first-order valence-electron chi connectivity index (χ1n) is 10.9. The van der Waals surface area contributed by atoms with Gasteiger partial charge in [0, 0.05) is 15.2 Å². The topological polar surface area (TPSA) is 69.0 Å². The molecule has 1 unspecified atom stereocenters. The second-order valence-electron chi connectivity index (χ2n) is 7.92. The standard InChI is InChI=1S/C26H24BrClN4O2S/c1-16-11-12-19(28)14-23(16)32-24(17(2)29-25(33)21-9-4-5-10-22(21)27)30-31-26(32)35-15-18-7-6-8-20(13-18)34-3/h4-14,17H,15H2,1-3H3,(H,29,33). The summed E-state index contributed by atoms with van der Waals surface area (Å²) >= 11 is 11.4. The number of nitrogens with zero attached hydrogens (tertiary/aromatic N) is 3. The molecule has 1 aromatic heterocycles. The third kappa shape index (κ3) is 5.89. The van der Waals surface area contributed by atoms with Crippen molar-refractivity contribution in [3.05, 3.63) is 98.7 Å². The van der Waals surface area contributed by atoms with E-state index in [1.807, 2.05) is 79.1 Å². The van der Waals surface area contributed by atoms with Crippen LogP contribution in [0.5, 0.6) is 5.75 Å². The van der Waals surface area contributed by atoms with Crippen LogP contribution >= 0.6 is 39.3 Å². The SMILES string of the molecule is COc1cccc(CSc2nnc(C(C)NC(=O)c3ccccc3Br)n2-c2cc(Cl)ccc2C)c1. The lowest BCUT2D eigenvalue weighted by Crippen LogP contribution is -2.29. The Balaban J connectivity index is 1.67. The monoisotopic (exact) mass is 570 g/mol. The fourth-order valence-electron chi connectivity index (χ4n) is 3.60. The van der Waals surface area contributed by atoms with E-state index in [1.54, 1.807) is 24.9 Å². The summed E-state index contributed by atoms with van der Waals surface area (Å²) in [7, 11) is 1.65. The van der Waals surface area contributed by atoms with Gasteiger partial charge in [-0.05, 0) is 77.3 Å². The summed E-state index contributed by atoms with van der Waals surface area (Å²) in [6, 6.07) is 20.5. The summed E-state index contributed by atoms with van der Waals surface area (Å²) in [5.74, 6) is 1.89. The maximum Gasteiger partial charge on any atom is 0.253 e. The van der Waals surface area contributed by atoms with Crippen molar-refractivity contribution in [3.8, 4) is 11.4 Å². The predicted molar refractivity (Wildman–Crippen MR) is 144 cm³/mol. The highest BCUT2D eigenvalue weighted by molar-refractivity contribution is 9.10. The number of rotatable bonds is 8. The molecular weight excluding hydrogens is 548 g/mol. The normalized spacial score (nSPS) is 11.8. The first-order chi connectivity index (χ1) is 16.9. The number of halogens is 2. The molecule has 35 heavy (non-hydrogen) atoms. The molecule has 180 valence electrons. The van der Waals surface area contributed by atoms with E-state index in [9.17, 15) is 4.79 Å². The van der Waals surface area contributed by atoms with E-state index >= 15 is 0 Å². The molecule has 0 aliphatic heterocycles. The first kappa shape index (κ1) is 25.3. The summed E-state index contributed by atoms with van der Waals surface area (Å²) in [4.78, 5) is 13.0. The molecule has 9 heteroatoms. The summed E-state index contributed by atoms with van der Waals surface area (Å²) in [5.41, 5.74) is 3.54. The van der Waals surface area contributed by atoms with Crippen molar-refractivity contribution < 1.29 is 9.53 Å². The van der Waals surface area contributed by atoms with Crippen LogP contribution < -0.4 is 10.1 Å². The van der Waals surface area contributed by atoms with Gasteiger partial charge in [0.15, 0.2) is 11.0 Å². The average Bonchev–Trinajstić information content (AvgIpc) is 3.28. The lowest BCUT2D eigenvalue weighted by molar-refractivity contribution is 0.0937. The molecule has 0 fully saturated rings. The lowest BCUT2D eigenvalue weighted by Gasteiger charge is -2.18. The van der Waals surface area contributed by atoms with Gasteiger partial charge in [-0.3, -0.25) is 9.36 Å². The maximum atomic E-state index is 13.0. The first-order valence-corrected chi connectivity index (χ1v) is 13.1. The van der Waals surface area contributed by atoms with Crippen LogP contribution in [0.4, 0.5) is 0 Å². The van der Waals surface area contributed by atoms with Gasteiger partial charge in [0.1, 0.15) is 5.75 Å². The highest BCUT2D eigenvalue weighted by Crippen LogP contribution is 2.31. The van der Waals surface area contributed by atoms with E-state index in [2.05, 4.69) is 31.4 Å². The van der Waals surface area contributed by atoms with E-state index in [0.29, 0.717) is 27.3 Å². The largest absolute Gasteiger partial charge is 0.497 e. The Morgan fingerprint density at radius 1 is 1.14 bits per heavy atom. The van der Waals surface area contributed by atoms with Gasteiger partial charge in [-0.15, -0.1) is 10.2 Å². The lowest BCUT2D eigenvalue weighted by atomic mass is 10.1. The number of nitrogens with one attached hydrogen (secondary N) is 1. The van der Waals surface area contributed by atoms with Crippen molar-refractivity contribution in [1.29, 1.82) is 0 Å². The molecule has 3 aromatic carbocycles. The van der Waals surface area contributed by atoms with E-state index in [-0.39, 0.29) is 5.91 Å². The number of carbonyl (C=O) groups is 1. The van der Waals surface area contributed by atoms with Crippen LogP contribution in [0.25, 0.3) is 5.69 Å². The van der Waals surface area contributed by atoms with Crippen molar-refractivity contribution >= 4 is 45.2 Å². The van der Waals surface area contributed by atoms with E-state index in [4.69, 9.17) is 16.3 Å². The molecule has 6 nitrogen and oxygen atoms in total. The quantitative estimate of drug-likeness (QED) is 0.236. The zero-order chi connectivity index (χ0) is 24.9. The number of methoxy groups -OCH3 is 1. The number of benzene rings is 3. The molecule has 0 aliphatic carbocycles. The van der Waals surface area contributed by atoms with Gasteiger partial charge in [-0.25, -0.2) is 0 Å². The Kier molecular flexibility index (Phi) is 8.15. The van der Waals surface area contributed by atoms with Gasteiger partial charge in [0.25, 0.3) is 5.91 Å². The van der Waals surface area contributed by atoms with Crippen molar-refractivity contribution in [2.45, 2.75) is 30.8 Å². The number of hydrogen-bond donors (Lipinski definition) is 1. The molecule has 0 spiro atoms. The third-order valence-electron chi connectivity index (χ3n) is 5.43. The molecule has 0 saturated carbocycles. The Labute approximate surface area is 222 Å². The fraction of sp³-hybridized carbons (Fsp3) is 0.192. The van der Waals surface area contributed by atoms with Gasteiger partial charge in [-0.1, -0.05) is 53.7 Å². The van der Waals surface area contributed by atoms with Gasteiger partial charge in [-0.2, -0.15) is 0 Å². The zero-order valence-electron chi connectivity index (χ0n) is 19.5. The van der Waals surface area contributed by atoms with Crippen LogP contribution in [-0.2, 0) is 5.75 Å². The van der Waals surface area contributed by atoms with Gasteiger partial charge in [0.2, 0.25) is 0 Å². The molecular formula is C26H24BrClN4O2S. The fourth-order valence-corrected chi connectivity index (χ4v) is 5.13. The Morgan fingerprint density at radius 2 is 1.94 bits per heavy atom. The molecule has 1 atom stereocenters. The minimum Gasteiger partial charge on any atom is -0.497 e.